The van der Waals surface area contributed by atoms with Crippen LogP contribution in [0, 0.1) is 5.92 Å². The molecule has 1 aliphatic carbocycles. The summed E-state index contributed by atoms with van der Waals surface area (Å²) in [6, 6.07) is 18.5. The van der Waals surface area contributed by atoms with Gasteiger partial charge in [-0.05, 0) is 93.5 Å². The SMILES string of the molecule is CCOC(=O)[C@@H]1CCCN(C(=O)c2ccc(-n3c(-c4cccc(OC)c4)cc4c3CCCCC4)cc2)C1. The zero-order valence-corrected chi connectivity index (χ0v) is 21.9. The van der Waals surface area contributed by atoms with E-state index in [1.807, 2.05) is 31.2 Å². The van der Waals surface area contributed by atoms with Gasteiger partial charge in [0.05, 0.1) is 25.3 Å². The number of benzene rings is 2. The minimum absolute atomic E-state index is 0.0279. The number of carbonyl (C=O) groups excluding carboxylic acids is 2. The third kappa shape index (κ3) is 5.29. The van der Waals surface area contributed by atoms with Crippen molar-refractivity contribution >= 4 is 11.9 Å². The van der Waals surface area contributed by atoms with Crippen LogP contribution in [-0.2, 0) is 22.4 Å². The fraction of sp³-hybridized carbons (Fsp3) is 0.419. The molecule has 0 unspecified atom stereocenters. The second-order valence-electron chi connectivity index (χ2n) is 10.0. The molecule has 37 heavy (non-hydrogen) atoms. The first-order valence-corrected chi connectivity index (χ1v) is 13.5. The number of hydrogen-bond donors (Lipinski definition) is 0. The quantitative estimate of drug-likeness (QED) is 0.315. The average molecular weight is 501 g/mol. The lowest BCUT2D eigenvalue weighted by Gasteiger charge is -2.31. The highest BCUT2D eigenvalue weighted by atomic mass is 16.5. The predicted molar refractivity (Wildman–Crippen MR) is 144 cm³/mol. The molecule has 0 spiro atoms. The first kappa shape index (κ1) is 25.1. The van der Waals surface area contributed by atoms with Crippen LogP contribution in [-0.4, -0.2) is 48.1 Å². The lowest BCUT2D eigenvalue weighted by Crippen LogP contribution is -2.42. The van der Waals surface area contributed by atoms with Gasteiger partial charge in [0, 0.05) is 35.6 Å². The summed E-state index contributed by atoms with van der Waals surface area (Å²) in [7, 11) is 1.69. The number of amides is 1. The third-order valence-corrected chi connectivity index (χ3v) is 7.62. The first-order chi connectivity index (χ1) is 18.1. The molecule has 2 aromatic carbocycles. The smallest absolute Gasteiger partial charge is 0.310 e. The molecule has 194 valence electrons. The van der Waals surface area contributed by atoms with Crippen LogP contribution in [0.1, 0.15) is 60.6 Å². The van der Waals surface area contributed by atoms with E-state index in [0.717, 1.165) is 48.4 Å². The highest BCUT2D eigenvalue weighted by Crippen LogP contribution is 2.35. The number of rotatable bonds is 6. The largest absolute Gasteiger partial charge is 0.497 e. The van der Waals surface area contributed by atoms with Gasteiger partial charge in [0.15, 0.2) is 0 Å². The normalized spacial score (nSPS) is 17.6. The van der Waals surface area contributed by atoms with Gasteiger partial charge in [-0.2, -0.15) is 0 Å². The highest BCUT2D eigenvalue weighted by Gasteiger charge is 2.30. The van der Waals surface area contributed by atoms with Crippen molar-refractivity contribution in [2.45, 2.75) is 51.9 Å². The Balaban J connectivity index is 1.44. The summed E-state index contributed by atoms with van der Waals surface area (Å²) < 4.78 is 13.1. The standard InChI is InChI=1S/C31H36N2O4/c1-3-37-31(35)25-11-8-18-32(21-25)30(34)22-14-16-26(17-15-22)33-28-13-6-4-5-9-24(28)20-29(33)23-10-7-12-27(19-23)36-2/h7,10,12,14-17,19-20,25H,3-6,8-9,11,13,18,21H2,1-2H3/t25-/m1/s1. The monoisotopic (exact) mass is 500 g/mol. The molecule has 0 saturated carbocycles. The van der Waals surface area contributed by atoms with Gasteiger partial charge < -0.3 is 18.9 Å². The molecule has 1 amide bonds. The van der Waals surface area contributed by atoms with E-state index in [2.05, 4.69) is 34.9 Å². The van der Waals surface area contributed by atoms with Gasteiger partial charge >= 0.3 is 5.97 Å². The van der Waals surface area contributed by atoms with E-state index in [1.165, 1.54) is 30.5 Å². The molecule has 0 N–H and O–H groups in total. The number of aryl methyl sites for hydroxylation is 1. The van der Waals surface area contributed by atoms with Crippen molar-refractivity contribution in [3.8, 4) is 22.7 Å². The second-order valence-corrected chi connectivity index (χ2v) is 10.0. The minimum atomic E-state index is -0.238. The molecule has 3 aromatic rings. The molecule has 6 nitrogen and oxygen atoms in total. The number of piperidine rings is 1. The Labute approximate surface area is 219 Å². The lowest BCUT2D eigenvalue weighted by atomic mass is 9.97. The van der Waals surface area contributed by atoms with E-state index >= 15 is 0 Å². The maximum atomic E-state index is 13.3. The van der Waals surface area contributed by atoms with E-state index in [-0.39, 0.29) is 17.8 Å². The Hall–Kier alpha value is -3.54. The van der Waals surface area contributed by atoms with Crippen molar-refractivity contribution in [2.75, 3.05) is 26.8 Å². The molecular formula is C31H36N2O4. The van der Waals surface area contributed by atoms with Crippen molar-refractivity contribution in [1.82, 2.24) is 9.47 Å². The number of nitrogens with zero attached hydrogens (tertiary/aromatic N) is 2. The minimum Gasteiger partial charge on any atom is -0.497 e. The van der Waals surface area contributed by atoms with Gasteiger partial charge in [0.25, 0.3) is 5.91 Å². The molecule has 2 aliphatic rings. The lowest BCUT2D eigenvalue weighted by molar-refractivity contribution is -0.149. The number of likely N-dealkylation sites (tertiary alicyclic amines) is 1. The molecule has 1 atom stereocenters. The van der Waals surface area contributed by atoms with Gasteiger partial charge in [-0.3, -0.25) is 9.59 Å². The molecule has 2 heterocycles. The summed E-state index contributed by atoms with van der Waals surface area (Å²) in [6.07, 6.45) is 7.36. The number of aromatic nitrogens is 1. The number of carbonyl (C=O) groups is 2. The first-order valence-electron chi connectivity index (χ1n) is 13.5. The number of hydrogen-bond acceptors (Lipinski definition) is 4. The van der Waals surface area contributed by atoms with Crippen LogP contribution in [0.2, 0.25) is 0 Å². The Morgan fingerprint density at radius 3 is 2.57 bits per heavy atom. The Bertz CT molecular complexity index is 1260. The maximum Gasteiger partial charge on any atom is 0.310 e. The summed E-state index contributed by atoms with van der Waals surface area (Å²) in [5.41, 5.74) is 6.75. The van der Waals surface area contributed by atoms with Crippen LogP contribution < -0.4 is 4.74 Å². The molecule has 0 radical (unpaired) electrons. The summed E-state index contributed by atoms with van der Waals surface area (Å²) in [5.74, 6) is 0.371. The van der Waals surface area contributed by atoms with Gasteiger partial charge in [0.1, 0.15) is 5.75 Å². The number of methoxy groups -OCH3 is 1. The van der Waals surface area contributed by atoms with Crippen molar-refractivity contribution in [1.29, 1.82) is 0 Å². The number of ether oxygens (including phenoxy) is 2. The van der Waals surface area contributed by atoms with Crippen molar-refractivity contribution in [3.05, 3.63) is 71.4 Å². The van der Waals surface area contributed by atoms with E-state index in [1.54, 1.807) is 12.0 Å². The fourth-order valence-corrected chi connectivity index (χ4v) is 5.71. The zero-order chi connectivity index (χ0) is 25.8. The molecule has 5 rings (SSSR count). The van der Waals surface area contributed by atoms with E-state index in [4.69, 9.17) is 9.47 Å². The highest BCUT2D eigenvalue weighted by molar-refractivity contribution is 5.95. The van der Waals surface area contributed by atoms with Crippen LogP contribution in [0.4, 0.5) is 0 Å². The van der Waals surface area contributed by atoms with E-state index in [0.29, 0.717) is 25.3 Å². The molecule has 6 heteroatoms. The number of fused-ring (bicyclic) bond motifs is 1. The molecule has 1 aromatic heterocycles. The Morgan fingerprint density at radius 2 is 1.78 bits per heavy atom. The summed E-state index contributed by atoms with van der Waals surface area (Å²) >= 11 is 0. The molecule has 1 fully saturated rings. The van der Waals surface area contributed by atoms with Crippen molar-refractivity contribution in [3.63, 3.8) is 0 Å². The molecule has 0 bridgehead atoms. The average Bonchev–Trinajstić information content (AvgIpc) is 3.15. The van der Waals surface area contributed by atoms with Gasteiger partial charge in [-0.1, -0.05) is 18.6 Å². The Morgan fingerprint density at radius 1 is 0.973 bits per heavy atom. The zero-order valence-electron chi connectivity index (χ0n) is 21.9. The molecule has 1 saturated heterocycles. The molecule has 1 aliphatic heterocycles. The third-order valence-electron chi connectivity index (χ3n) is 7.62. The van der Waals surface area contributed by atoms with Gasteiger partial charge in [0.2, 0.25) is 0 Å². The summed E-state index contributed by atoms with van der Waals surface area (Å²) in [5, 5.41) is 0. The topological polar surface area (TPSA) is 60.8 Å². The van der Waals surface area contributed by atoms with Crippen molar-refractivity contribution in [2.24, 2.45) is 5.92 Å². The van der Waals surface area contributed by atoms with Gasteiger partial charge in [-0.15, -0.1) is 0 Å². The predicted octanol–water partition coefficient (Wildman–Crippen LogP) is 5.84. The van der Waals surface area contributed by atoms with Crippen LogP contribution in [0.15, 0.2) is 54.6 Å². The van der Waals surface area contributed by atoms with Crippen molar-refractivity contribution < 1.29 is 19.1 Å². The summed E-state index contributed by atoms with van der Waals surface area (Å²) in [6.45, 7) is 3.27. The maximum absolute atomic E-state index is 13.3. The molecular weight excluding hydrogens is 464 g/mol. The number of esters is 1. The van der Waals surface area contributed by atoms with Gasteiger partial charge in [-0.25, -0.2) is 0 Å². The van der Waals surface area contributed by atoms with E-state index in [9.17, 15) is 9.59 Å². The fourth-order valence-electron chi connectivity index (χ4n) is 5.71. The van der Waals surface area contributed by atoms with Crippen LogP contribution in [0.25, 0.3) is 16.9 Å². The van der Waals surface area contributed by atoms with Crippen LogP contribution in [0.3, 0.4) is 0 Å². The summed E-state index contributed by atoms with van der Waals surface area (Å²) in [4.78, 5) is 27.3. The van der Waals surface area contributed by atoms with Crippen LogP contribution in [0.5, 0.6) is 5.75 Å². The van der Waals surface area contributed by atoms with E-state index < -0.39 is 0 Å². The second kappa shape index (κ2) is 11.2. The Kier molecular flexibility index (Phi) is 7.63. The van der Waals surface area contributed by atoms with Crippen LogP contribution >= 0.6 is 0 Å².